The van der Waals surface area contributed by atoms with E-state index in [9.17, 15) is 9.90 Å². The molecular weight excluding hydrogens is 264 g/mol. The highest BCUT2D eigenvalue weighted by atomic mass is 16.3. The molecule has 0 bridgehead atoms. The Kier molecular flexibility index (Phi) is 3.43. The van der Waals surface area contributed by atoms with Gasteiger partial charge in [0.15, 0.2) is 5.82 Å². The molecule has 21 heavy (non-hydrogen) atoms. The number of benzene rings is 2. The second-order valence-corrected chi connectivity index (χ2v) is 4.55. The topological polar surface area (TPSA) is 63.1 Å². The molecule has 0 atom stereocenters. The van der Waals surface area contributed by atoms with Crippen molar-refractivity contribution in [2.24, 2.45) is 0 Å². The van der Waals surface area contributed by atoms with Gasteiger partial charge in [0, 0.05) is 22.9 Å². The zero-order valence-electron chi connectivity index (χ0n) is 11.1. The molecule has 4 heteroatoms. The van der Waals surface area contributed by atoms with E-state index in [1.54, 1.807) is 42.6 Å². The summed E-state index contributed by atoms with van der Waals surface area (Å²) < 4.78 is 0. The lowest BCUT2D eigenvalue weighted by Gasteiger charge is -2.04. The van der Waals surface area contributed by atoms with Gasteiger partial charge >= 0.3 is 0 Å². The van der Waals surface area contributed by atoms with Crippen LogP contribution in [0.3, 0.4) is 0 Å². The van der Waals surface area contributed by atoms with Crippen molar-refractivity contribution >= 4 is 6.29 Å². The number of aldehydes is 1. The summed E-state index contributed by atoms with van der Waals surface area (Å²) in [5.74, 6) is 0.798. The predicted molar refractivity (Wildman–Crippen MR) is 80.0 cm³/mol. The van der Waals surface area contributed by atoms with Crippen LogP contribution in [-0.4, -0.2) is 21.4 Å². The summed E-state index contributed by atoms with van der Waals surface area (Å²) in [4.78, 5) is 19.4. The molecule has 3 rings (SSSR count). The van der Waals surface area contributed by atoms with Crippen molar-refractivity contribution < 1.29 is 9.90 Å². The molecule has 0 aliphatic rings. The highest BCUT2D eigenvalue weighted by molar-refractivity contribution is 5.76. The molecule has 1 aromatic heterocycles. The van der Waals surface area contributed by atoms with Crippen LogP contribution in [-0.2, 0) is 0 Å². The van der Waals surface area contributed by atoms with Crippen LogP contribution in [0.1, 0.15) is 10.4 Å². The summed E-state index contributed by atoms with van der Waals surface area (Å²) in [7, 11) is 0. The molecular formula is C17H12N2O2. The molecule has 0 fully saturated rings. The second kappa shape index (κ2) is 5.54. The van der Waals surface area contributed by atoms with Crippen LogP contribution in [0, 0.1) is 0 Å². The Morgan fingerprint density at radius 3 is 2.19 bits per heavy atom. The zero-order chi connectivity index (χ0) is 14.7. The first kappa shape index (κ1) is 13.0. The molecule has 3 aromatic rings. The molecule has 0 unspecified atom stereocenters. The molecule has 0 aliphatic carbocycles. The number of aromatic hydroxyl groups is 1. The predicted octanol–water partition coefficient (Wildman–Crippen LogP) is 3.33. The lowest BCUT2D eigenvalue weighted by Crippen LogP contribution is -1.91. The first-order valence-electron chi connectivity index (χ1n) is 6.44. The fraction of sp³-hybridized carbons (Fsp3) is 0. The molecule has 2 aromatic carbocycles. The summed E-state index contributed by atoms with van der Waals surface area (Å²) in [6, 6.07) is 15.8. The van der Waals surface area contributed by atoms with E-state index in [4.69, 9.17) is 0 Å². The highest BCUT2D eigenvalue weighted by Crippen LogP contribution is 2.22. The van der Waals surface area contributed by atoms with E-state index in [0.717, 1.165) is 23.1 Å². The largest absolute Gasteiger partial charge is 0.508 e. The molecule has 4 nitrogen and oxygen atoms in total. The van der Waals surface area contributed by atoms with Gasteiger partial charge in [0.05, 0.1) is 5.69 Å². The van der Waals surface area contributed by atoms with Gasteiger partial charge in [0.25, 0.3) is 0 Å². The number of rotatable bonds is 3. The average Bonchev–Trinajstić information content (AvgIpc) is 2.56. The van der Waals surface area contributed by atoms with E-state index in [-0.39, 0.29) is 5.75 Å². The number of phenolic OH excluding ortho intramolecular Hbond substituents is 1. The Labute approximate surface area is 121 Å². The van der Waals surface area contributed by atoms with E-state index < -0.39 is 0 Å². The summed E-state index contributed by atoms with van der Waals surface area (Å²) in [5.41, 5.74) is 3.17. The minimum absolute atomic E-state index is 0.208. The Hall–Kier alpha value is -3.01. The van der Waals surface area contributed by atoms with E-state index in [2.05, 4.69) is 9.97 Å². The summed E-state index contributed by atoms with van der Waals surface area (Å²) in [6.45, 7) is 0. The molecule has 0 saturated carbocycles. The maximum Gasteiger partial charge on any atom is 0.159 e. The minimum atomic E-state index is 0.208. The zero-order valence-corrected chi connectivity index (χ0v) is 11.1. The SMILES string of the molecule is O=Cc1ccc(-c2ccnc(-c3ccc(O)cc3)n2)cc1. The summed E-state index contributed by atoms with van der Waals surface area (Å²) in [6.07, 6.45) is 2.50. The number of hydrogen-bond acceptors (Lipinski definition) is 4. The van der Waals surface area contributed by atoms with Gasteiger partial charge in [0.1, 0.15) is 12.0 Å². The highest BCUT2D eigenvalue weighted by Gasteiger charge is 2.05. The van der Waals surface area contributed by atoms with Crippen molar-refractivity contribution in [3.63, 3.8) is 0 Å². The van der Waals surface area contributed by atoms with Gasteiger partial charge in [-0.05, 0) is 30.3 Å². The fourth-order valence-electron chi connectivity index (χ4n) is 2.00. The van der Waals surface area contributed by atoms with Crippen LogP contribution in [0.25, 0.3) is 22.6 Å². The van der Waals surface area contributed by atoms with Crippen LogP contribution < -0.4 is 0 Å². The third-order valence-electron chi connectivity index (χ3n) is 3.12. The molecule has 0 saturated heterocycles. The molecule has 1 heterocycles. The van der Waals surface area contributed by atoms with Gasteiger partial charge in [-0.25, -0.2) is 9.97 Å². The van der Waals surface area contributed by atoms with Crippen LogP contribution in [0.2, 0.25) is 0 Å². The number of aromatic nitrogens is 2. The number of nitrogens with zero attached hydrogens (tertiary/aromatic N) is 2. The Morgan fingerprint density at radius 1 is 0.857 bits per heavy atom. The molecule has 0 amide bonds. The first-order valence-corrected chi connectivity index (χ1v) is 6.44. The van der Waals surface area contributed by atoms with E-state index in [1.165, 1.54) is 0 Å². The van der Waals surface area contributed by atoms with Gasteiger partial charge in [0.2, 0.25) is 0 Å². The van der Waals surface area contributed by atoms with Crippen LogP contribution >= 0.6 is 0 Å². The van der Waals surface area contributed by atoms with Crippen molar-refractivity contribution in [2.75, 3.05) is 0 Å². The average molecular weight is 276 g/mol. The number of phenols is 1. The quantitative estimate of drug-likeness (QED) is 0.745. The smallest absolute Gasteiger partial charge is 0.159 e. The third-order valence-corrected chi connectivity index (χ3v) is 3.12. The Morgan fingerprint density at radius 2 is 1.52 bits per heavy atom. The van der Waals surface area contributed by atoms with Gasteiger partial charge < -0.3 is 5.11 Å². The van der Waals surface area contributed by atoms with Crippen molar-refractivity contribution in [1.82, 2.24) is 9.97 Å². The molecule has 0 spiro atoms. The molecule has 0 radical (unpaired) electrons. The normalized spacial score (nSPS) is 10.3. The first-order chi connectivity index (χ1) is 10.3. The van der Waals surface area contributed by atoms with E-state index in [1.807, 2.05) is 18.2 Å². The van der Waals surface area contributed by atoms with Gasteiger partial charge in [-0.2, -0.15) is 0 Å². The third kappa shape index (κ3) is 2.79. The fourth-order valence-corrected chi connectivity index (χ4v) is 2.00. The lowest BCUT2D eigenvalue weighted by molar-refractivity contribution is 0.112. The van der Waals surface area contributed by atoms with E-state index in [0.29, 0.717) is 11.4 Å². The van der Waals surface area contributed by atoms with Crippen LogP contribution in [0.5, 0.6) is 5.75 Å². The maximum absolute atomic E-state index is 10.7. The lowest BCUT2D eigenvalue weighted by atomic mass is 10.1. The van der Waals surface area contributed by atoms with Gasteiger partial charge in [-0.3, -0.25) is 4.79 Å². The van der Waals surface area contributed by atoms with Gasteiger partial charge in [-0.1, -0.05) is 24.3 Å². The minimum Gasteiger partial charge on any atom is -0.508 e. The summed E-state index contributed by atoms with van der Waals surface area (Å²) >= 11 is 0. The van der Waals surface area contributed by atoms with Crippen molar-refractivity contribution in [3.05, 3.63) is 66.4 Å². The Bertz CT molecular complexity index is 766. The number of carbonyl (C=O) groups is 1. The number of carbonyl (C=O) groups excluding carboxylic acids is 1. The maximum atomic E-state index is 10.7. The van der Waals surface area contributed by atoms with Crippen molar-refractivity contribution in [3.8, 4) is 28.4 Å². The molecule has 1 N–H and O–H groups in total. The number of hydrogen-bond donors (Lipinski definition) is 1. The van der Waals surface area contributed by atoms with Crippen molar-refractivity contribution in [2.45, 2.75) is 0 Å². The molecule has 102 valence electrons. The van der Waals surface area contributed by atoms with Gasteiger partial charge in [-0.15, -0.1) is 0 Å². The second-order valence-electron chi connectivity index (χ2n) is 4.55. The summed E-state index contributed by atoms with van der Waals surface area (Å²) in [5, 5.41) is 9.32. The van der Waals surface area contributed by atoms with E-state index >= 15 is 0 Å². The Balaban J connectivity index is 1.99. The standard InChI is InChI=1S/C17H12N2O2/c20-11-12-1-3-13(4-2-12)16-9-10-18-17(19-16)14-5-7-15(21)8-6-14/h1-11,21H. The van der Waals surface area contributed by atoms with Crippen molar-refractivity contribution in [1.29, 1.82) is 0 Å². The molecule has 0 aliphatic heterocycles. The monoisotopic (exact) mass is 276 g/mol. The van der Waals surface area contributed by atoms with Crippen LogP contribution in [0.4, 0.5) is 0 Å². The van der Waals surface area contributed by atoms with Crippen LogP contribution in [0.15, 0.2) is 60.8 Å².